The topological polar surface area (TPSA) is 59.0 Å². The molecule has 1 aliphatic heterocycles. The Labute approximate surface area is 185 Å². The molecule has 1 amide bonds. The minimum absolute atomic E-state index is 0.00909. The maximum absolute atomic E-state index is 13.3. The van der Waals surface area contributed by atoms with Crippen molar-refractivity contribution < 1.29 is 19.4 Å². The molecule has 1 fully saturated rings. The van der Waals surface area contributed by atoms with Crippen LogP contribution in [0.15, 0.2) is 36.1 Å². The van der Waals surface area contributed by atoms with Crippen molar-refractivity contribution in [3.05, 3.63) is 46.7 Å². The lowest BCUT2D eigenvalue weighted by molar-refractivity contribution is -0.170. The fourth-order valence-electron chi connectivity index (χ4n) is 4.63. The third-order valence-electron chi connectivity index (χ3n) is 6.32. The summed E-state index contributed by atoms with van der Waals surface area (Å²) in [4.78, 5) is 15.2. The van der Waals surface area contributed by atoms with Gasteiger partial charge in [-0.2, -0.15) is 0 Å². The van der Waals surface area contributed by atoms with Gasteiger partial charge in [0, 0.05) is 43.2 Å². The second-order valence-electron chi connectivity index (χ2n) is 8.29. The molecule has 0 radical (unpaired) electrons. The smallest absolute Gasteiger partial charge is 0.288 e. The summed E-state index contributed by atoms with van der Waals surface area (Å²) in [6, 6.07) is 8.00. The van der Waals surface area contributed by atoms with Crippen LogP contribution < -0.4 is 0 Å². The summed E-state index contributed by atoms with van der Waals surface area (Å²) in [6.07, 6.45) is 8.49. The number of benzene rings is 1. The quantitative estimate of drug-likeness (QED) is 0.632. The SMILES string of the molecule is CCO[C@@H]1OC(C(=O)N(C)C2CCCCC2)=C[C@H](c2ccc(Cl)cc2)[C@@H]1CCCO. The van der Waals surface area contributed by atoms with Crippen molar-refractivity contribution in [2.45, 2.75) is 70.1 Å². The van der Waals surface area contributed by atoms with Crippen molar-refractivity contribution in [1.82, 2.24) is 4.90 Å². The minimum Gasteiger partial charge on any atom is -0.459 e. The van der Waals surface area contributed by atoms with E-state index >= 15 is 0 Å². The van der Waals surface area contributed by atoms with Crippen molar-refractivity contribution in [2.75, 3.05) is 20.3 Å². The van der Waals surface area contributed by atoms with Gasteiger partial charge in [0.05, 0.1) is 0 Å². The highest BCUT2D eigenvalue weighted by Crippen LogP contribution is 2.40. The maximum Gasteiger partial charge on any atom is 0.288 e. The van der Waals surface area contributed by atoms with E-state index in [1.54, 1.807) is 0 Å². The van der Waals surface area contributed by atoms with Gasteiger partial charge < -0.3 is 19.5 Å². The minimum atomic E-state index is -0.522. The first-order chi connectivity index (χ1) is 14.5. The molecule has 0 bridgehead atoms. The molecule has 2 aliphatic rings. The molecule has 30 heavy (non-hydrogen) atoms. The zero-order valence-corrected chi connectivity index (χ0v) is 18.8. The van der Waals surface area contributed by atoms with Crippen LogP contribution in [-0.4, -0.2) is 48.5 Å². The lowest BCUT2D eigenvalue weighted by atomic mass is 9.80. The molecule has 1 saturated carbocycles. The molecule has 0 saturated heterocycles. The lowest BCUT2D eigenvalue weighted by Gasteiger charge is -2.39. The van der Waals surface area contributed by atoms with Gasteiger partial charge in [0.2, 0.25) is 6.29 Å². The van der Waals surface area contributed by atoms with E-state index in [-0.39, 0.29) is 30.4 Å². The number of ether oxygens (including phenoxy) is 2. The summed E-state index contributed by atoms with van der Waals surface area (Å²) in [7, 11) is 1.88. The molecule has 166 valence electrons. The van der Waals surface area contributed by atoms with Crippen LogP contribution in [0.25, 0.3) is 0 Å². The number of halogens is 1. The van der Waals surface area contributed by atoms with Crippen LogP contribution in [0.5, 0.6) is 0 Å². The summed E-state index contributed by atoms with van der Waals surface area (Å²) < 4.78 is 12.1. The summed E-state index contributed by atoms with van der Waals surface area (Å²) in [5.74, 6) is 0.250. The molecular weight excluding hydrogens is 402 g/mol. The molecule has 3 atom stereocenters. The molecule has 1 aromatic carbocycles. The second-order valence-corrected chi connectivity index (χ2v) is 8.72. The molecule has 1 heterocycles. The predicted octanol–water partition coefficient (Wildman–Crippen LogP) is 4.88. The van der Waals surface area contributed by atoms with E-state index in [0.29, 0.717) is 23.8 Å². The van der Waals surface area contributed by atoms with Gasteiger partial charge in [0.15, 0.2) is 5.76 Å². The van der Waals surface area contributed by atoms with Crippen LogP contribution in [-0.2, 0) is 14.3 Å². The average molecular weight is 436 g/mol. The monoisotopic (exact) mass is 435 g/mol. The van der Waals surface area contributed by atoms with Gasteiger partial charge in [-0.05, 0) is 56.4 Å². The van der Waals surface area contributed by atoms with Crippen molar-refractivity contribution >= 4 is 17.5 Å². The van der Waals surface area contributed by atoms with Gasteiger partial charge in [0.25, 0.3) is 5.91 Å². The highest BCUT2D eigenvalue weighted by atomic mass is 35.5. The third-order valence-corrected chi connectivity index (χ3v) is 6.57. The molecule has 6 heteroatoms. The number of hydrogen-bond donors (Lipinski definition) is 1. The number of aliphatic hydroxyl groups excluding tert-OH is 1. The first-order valence-electron chi connectivity index (χ1n) is 11.2. The van der Waals surface area contributed by atoms with Gasteiger partial charge in [-0.15, -0.1) is 0 Å². The highest BCUT2D eigenvalue weighted by molar-refractivity contribution is 6.30. The Morgan fingerprint density at radius 3 is 2.57 bits per heavy atom. The van der Waals surface area contributed by atoms with Crippen LogP contribution >= 0.6 is 11.6 Å². The molecule has 5 nitrogen and oxygen atoms in total. The van der Waals surface area contributed by atoms with E-state index in [1.165, 1.54) is 19.3 Å². The van der Waals surface area contributed by atoms with Crippen LogP contribution in [0.2, 0.25) is 5.02 Å². The van der Waals surface area contributed by atoms with Gasteiger partial charge in [-0.25, -0.2) is 0 Å². The van der Waals surface area contributed by atoms with Crippen molar-refractivity contribution in [1.29, 1.82) is 0 Å². The Morgan fingerprint density at radius 1 is 1.23 bits per heavy atom. The van der Waals surface area contributed by atoms with Gasteiger partial charge in [-0.3, -0.25) is 4.79 Å². The molecule has 1 N–H and O–H groups in total. The van der Waals surface area contributed by atoms with Gasteiger partial charge >= 0.3 is 0 Å². The number of likely N-dealkylation sites (N-methyl/N-ethyl adjacent to an activating group) is 1. The Bertz CT molecular complexity index is 714. The van der Waals surface area contributed by atoms with Gasteiger partial charge in [0.1, 0.15) is 0 Å². The first kappa shape index (κ1) is 23.1. The normalized spacial score (nSPS) is 24.8. The molecule has 1 aliphatic carbocycles. The fourth-order valence-corrected chi connectivity index (χ4v) is 4.76. The maximum atomic E-state index is 13.3. The lowest BCUT2D eigenvalue weighted by Crippen LogP contribution is -2.43. The number of nitrogens with zero attached hydrogens (tertiary/aromatic N) is 1. The molecular formula is C24H34ClNO4. The molecule has 0 aromatic heterocycles. The van der Waals surface area contributed by atoms with Gasteiger partial charge in [-0.1, -0.05) is 43.0 Å². The highest BCUT2D eigenvalue weighted by Gasteiger charge is 2.39. The molecule has 0 unspecified atom stereocenters. The Morgan fingerprint density at radius 2 is 1.93 bits per heavy atom. The third kappa shape index (κ3) is 5.57. The number of rotatable bonds is 8. The number of amides is 1. The number of carbonyl (C=O) groups excluding carboxylic acids is 1. The van der Waals surface area contributed by atoms with E-state index in [9.17, 15) is 9.90 Å². The van der Waals surface area contributed by atoms with Crippen molar-refractivity contribution in [3.8, 4) is 0 Å². The van der Waals surface area contributed by atoms with Crippen LogP contribution in [0, 0.1) is 5.92 Å². The van der Waals surface area contributed by atoms with E-state index in [2.05, 4.69) is 0 Å². The number of hydrogen-bond acceptors (Lipinski definition) is 4. The molecule has 3 rings (SSSR count). The van der Waals surface area contributed by atoms with E-state index < -0.39 is 6.29 Å². The zero-order chi connectivity index (χ0) is 21.5. The first-order valence-corrected chi connectivity index (χ1v) is 11.6. The van der Waals surface area contributed by atoms with Crippen molar-refractivity contribution in [2.24, 2.45) is 5.92 Å². The number of carbonyl (C=O) groups is 1. The summed E-state index contributed by atoms with van der Waals surface area (Å²) in [5, 5.41) is 10.1. The average Bonchev–Trinajstić information content (AvgIpc) is 2.78. The molecule has 1 aromatic rings. The van der Waals surface area contributed by atoms with Crippen LogP contribution in [0.3, 0.4) is 0 Å². The van der Waals surface area contributed by atoms with Crippen LogP contribution in [0.1, 0.15) is 63.4 Å². The summed E-state index contributed by atoms with van der Waals surface area (Å²) in [5.41, 5.74) is 1.07. The predicted molar refractivity (Wildman–Crippen MR) is 118 cm³/mol. The summed E-state index contributed by atoms with van der Waals surface area (Å²) in [6.45, 7) is 2.54. The number of aliphatic hydroxyl groups is 1. The Kier molecular flexibility index (Phi) is 8.61. The Balaban J connectivity index is 1.90. The van der Waals surface area contributed by atoms with E-state index in [0.717, 1.165) is 24.8 Å². The second kappa shape index (κ2) is 11.2. The fraction of sp³-hybridized carbons (Fsp3) is 0.625. The standard InChI is InChI=1S/C24H34ClNO4/c1-3-29-24-20(10-7-15-27)21(17-11-13-18(25)14-12-17)16-22(30-24)23(28)26(2)19-8-5-4-6-9-19/h11-14,16,19-21,24,27H,3-10,15H2,1-2H3/t20-,21+,24+/m0/s1. The Hall–Kier alpha value is -1.56. The summed E-state index contributed by atoms with van der Waals surface area (Å²) >= 11 is 6.10. The van der Waals surface area contributed by atoms with Crippen LogP contribution in [0.4, 0.5) is 0 Å². The van der Waals surface area contributed by atoms with Crippen molar-refractivity contribution in [3.63, 3.8) is 0 Å². The largest absolute Gasteiger partial charge is 0.459 e. The zero-order valence-electron chi connectivity index (χ0n) is 18.1. The van der Waals surface area contributed by atoms with E-state index in [4.69, 9.17) is 21.1 Å². The molecule has 0 spiro atoms. The number of allylic oxidation sites excluding steroid dienone is 1. The van der Waals surface area contributed by atoms with E-state index in [1.807, 2.05) is 49.2 Å².